The maximum atomic E-state index is 12.8. The molecule has 2 aromatic carbocycles. The molecule has 4 rings (SSSR count). The Kier molecular flexibility index (Phi) is 5.41. The lowest BCUT2D eigenvalue weighted by Gasteiger charge is -2.20. The van der Waals surface area contributed by atoms with Gasteiger partial charge in [0.15, 0.2) is 0 Å². The van der Waals surface area contributed by atoms with E-state index in [9.17, 15) is 4.79 Å². The van der Waals surface area contributed by atoms with Crippen LogP contribution in [0.4, 0.5) is 0 Å². The highest BCUT2D eigenvalue weighted by Gasteiger charge is 2.30. The number of hydrogen-bond donors (Lipinski definition) is 4. The van der Waals surface area contributed by atoms with Gasteiger partial charge in [0.05, 0.1) is 11.0 Å². The van der Waals surface area contributed by atoms with Crippen molar-refractivity contribution in [3.8, 4) is 0 Å². The number of carbonyl (C=O) groups excluding carboxylic acids is 1. The standard InChI is InChI=1S/C22H27N5O/c1-14-17(15(2)27-26-14)12-13-20(28)25-21(16-8-4-3-5-9-16)22-23-18-10-6-7-11-19(18)24-22/h3-11,14-15,17,21,26-27H,12-13H2,1-2H3,(H,23,24)(H,25,28)/t14?,15?,17?,21-/m1/s1. The first kappa shape index (κ1) is 18.7. The van der Waals surface area contributed by atoms with Crippen LogP contribution in [0.5, 0.6) is 0 Å². The summed E-state index contributed by atoms with van der Waals surface area (Å²) in [6, 6.07) is 18.3. The lowest BCUT2D eigenvalue weighted by Crippen LogP contribution is -2.31. The van der Waals surface area contributed by atoms with Crippen molar-refractivity contribution in [2.75, 3.05) is 0 Å². The second kappa shape index (κ2) is 8.12. The van der Waals surface area contributed by atoms with E-state index in [0.29, 0.717) is 24.4 Å². The Morgan fingerprint density at radius 1 is 1.04 bits per heavy atom. The molecule has 4 N–H and O–H groups in total. The molecule has 1 amide bonds. The molecular weight excluding hydrogens is 350 g/mol. The molecule has 0 bridgehead atoms. The highest BCUT2D eigenvalue weighted by atomic mass is 16.1. The Hall–Kier alpha value is -2.70. The van der Waals surface area contributed by atoms with E-state index in [4.69, 9.17) is 4.98 Å². The fourth-order valence-corrected chi connectivity index (χ4v) is 4.01. The lowest BCUT2D eigenvalue weighted by atomic mass is 9.91. The second-order valence-corrected chi connectivity index (χ2v) is 7.62. The van der Waals surface area contributed by atoms with Crippen LogP contribution in [0.25, 0.3) is 11.0 Å². The number of aromatic nitrogens is 2. The van der Waals surface area contributed by atoms with E-state index in [1.54, 1.807) is 0 Å². The molecule has 6 nitrogen and oxygen atoms in total. The van der Waals surface area contributed by atoms with E-state index in [1.807, 2.05) is 54.6 Å². The normalized spacial score (nSPS) is 23.0. The molecule has 2 heterocycles. The molecular formula is C22H27N5O. The van der Waals surface area contributed by atoms with Crippen LogP contribution in [0.1, 0.15) is 44.1 Å². The van der Waals surface area contributed by atoms with E-state index in [1.165, 1.54) is 0 Å². The molecule has 0 spiro atoms. The first-order valence-electron chi connectivity index (χ1n) is 9.92. The Morgan fingerprint density at radius 3 is 2.43 bits per heavy atom. The van der Waals surface area contributed by atoms with Gasteiger partial charge < -0.3 is 10.3 Å². The van der Waals surface area contributed by atoms with Gasteiger partial charge in [0.2, 0.25) is 5.91 Å². The fraction of sp³-hybridized carbons (Fsp3) is 0.364. The Balaban J connectivity index is 1.52. The van der Waals surface area contributed by atoms with Crippen LogP contribution in [-0.2, 0) is 4.79 Å². The average Bonchev–Trinajstić information content (AvgIpc) is 3.28. The third kappa shape index (κ3) is 3.93. The van der Waals surface area contributed by atoms with E-state index in [-0.39, 0.29) is 11.9 Å². The quantitative estimate of drug-likeness (QED) is 0.532. The van der Waals surface area contributed by atoms with Crippen molar-refractivity contribution in [2.24, 2.45) is 5.92 Å². The van der Waals surface area contributed by atoms with Gasteiger partial charge in [0, 0.05) is 18.5 Å². The molecule has 0 saturated carbocycles. The summed E-state index contributed by atoms with van der Waals surface area (Å²) in [6.07, 6.45) is 1.34. The van der Waals surface area contributed by atoms with Crippen molar-refractivity contribution < 1.29 is 4.79 Å². The number of aromatic amines is 1. The first-order valence-corrected chi connectivity index (χ1v) is 9.92. The number of imidazole rings is 1. The van der Waals surface area contributed by atoms with Gasteiger partial charge in [-0.1, -0.05) is 42.5 Å². The number of amides is 1. The van der Waals surface area contributed by atoms with Gasteiger partial charge in [-0.25, -0.2) is 4.98 Å². The lowest BCUT2D eigenvalue weighted by molar-refractivity contribution is -0.122. The molecule has 1 fully saturated rings. The number of hydrazine groups is 1. The van der Waals surface area contributed by atoms with Crippen molar-refractivity contribution in [1.29, 1.82) is 0 Å². The van der Waals surface area contributed by atoms with E-state index < -0.39 is 0 Å². The van der Waals surface area contributed by atoms with Crippen molar-refractivity contribution >= 4 is 16.9 Å². The number of hydrogen-bond acceptors (Lipinski definition) is 4. The topological polar surface area (TPSA) is 81.8 Å². The van der Waals surface area contributed by atoms with E-state index in [0.717, 1.165) is 28.8 Å². The summed E-state index contributed by atoms with van der Waals surface area (Å²) in [5.74, 6) is 1.24. The minimum absolute atomic E-state index is 0.0422. The highest BCUT2D eigenvalue weighted by molar-refractivity contribution is 5.78. The van der Waals surface area contributed by atoms with Gasteiger partial charge in [-0.15, -0.1) is 0 Å². The van der Waals surface area contributed by atoms with Crippen LogP contribution in [0.15, 0.2) is 54.6 Å². The Morgan fingerprint density at radius 2 is 1.71 bits per heavy atom. The maximum absolute atomic E-state index is 12.8. The van der Waals surface area contributed by atoms with Crippen LogP contribution in [0.3, 0.4) is 0 Å². The zero-order chi connectivity index (χ0) is 19.5. The molecule has 1 aliphatic rings. The summed E-state index contributed by atoms with van der Waals surface area (Å²) >= 11 is 0. The highest BCUT2D eigenvalue weighted by Crippen LogP contribution is 2.24. The molecule has 0 aliphatic carbocycles. The van der Waals surface area contributed by atoms with Gasteiger partial charge in [0.1, 0.15) is 11.9 Å². The number of rotatable bonds is 6. The number of benzene rings is 2. The minimum atomic E-state index is -0.296. The molecule has 28 heavy (non-hydrogen) atoms. The molecule has 1 saturated heterocycles. The van der Waals surface area contributed by atoms with Crippen LogP contribution < -0.4 is 16.2 Å². The number of H-pyrrole nitrogens is 1. The monoisotopic (exact) mass is 377 g/mol. The molecule has 1 aliphatic heterocycles. The Labute approximate surface area is 165 Å². The third-order valence-electron chi connectivity index (χ3n) is 5.65. The first-order chi connectivity index (χ1) is 13.6. The van der Waals surface area contributed by atoms with Gasteiger partial charge >= 0.3 is 0 Å². The van der Waals surface area contributed by atoms with Crippen LogP contribution in [0, 0.1) is 5.92 Å². The fourth-order valence-electron chi connectivity index (χ4n) is 4.01. The number of nitrogens with zero attached hydrogens (tertiary/aromatic N) is 1. The van der Waals surface area contributed by atoms with Crippen LogP contribution in [0.2, 0.25) is 0 Å². The molecule has 3 atom stereocenters. The summed E-state index contributed by atoms with van der Waals surface area (Å²) in [5.41, 5.74) is 9.39. The predicted molar refractivity (Wildman–Crippen MR) is 110 cm³/mol. The van der Waals surface area contributed by atoms with Gasteiger partial charge in [0.25, 0.3) is 0 Å². The molecule has 2 unspecified atom stereocenters. The van der Waals surface area contributed by atoms with Crippen molar-refractivity contribution in [2.45, 2.75) is 44.8 Å². The van der Waals surface area contributed by atoms with Gasteiger partial charge in [-0.3, -0.25) is 15.6 Å². The summed E-state index contributed by atoms with van der Waals surface area (Å²) in [4.78, 5) is 20.9. The summed E-state index contributed by atoms with van der Waals surface area (Å²) in [6.45, 7) is 4.31. The van der Waals surface area contributed by atoms with Crippen molar-refractivity contribution in [3.63, 3.8) is 0 Å². The third-order valence-corrected chi connectivity index (χ3v) is 5.65. The van der Waals surface area contributed by atoms with E-state index in [2.05, 4.69) is 35.0 Å². The maximum Gasteiger partial charge on any atom is 0.220 e. The smallest absolute Gasteiger partial charge is 0.220 e. The number of fused-ring (bicyclic) bond motifs is 1. The molecule has 0 radical (unpaired) electrons. The van der Waals surface area contributed by atoms with Crippen LogP contribution >= 0.6 is 0 Å². The SMILES string of the molecule is CC1NNC(C)C1CCC(=O)N[C@H](c1ccccc1)c1nc2ccccc2[nH]1. The summed E-state index contributed by atoms with van der Waals surface area (Å²) < 4.78 is 0. The van der Waals surface area contributed by atoms with Crippen molar-refractivity contribution in [3.05, 3.63) is 66.0 Å². The number of carbonyl (C=O) groups is 1. The van der Waals surface area contributed by atoms with Crippen molar-refractivity contribution in [1.82, 2.24) is 26.1 Å². The predicted octanol–water partition coefficient (Wildman–Crippen LogP) is 3.05. The summed E-state index contributed by atoms with van der Waals surface area (Å²) in [7, 11) is 0. The molecule has 3 aromatic rings. The second-order valence-electron chi connectivity index (χ2n) is 7.62. The molecule has 1 aromatic heterocycles. The largest absolute Gasteiger partial charge is 0.342 e. The average molecular weight is 377 g/mol. The number of para-hydroxylation sites is 2. The minimum Gasteiger partial charge on any atom is -0.342 e. The Bertz CT molecular complexity index is 895. The molecule has 6 heteroatoms. The number of nitrogens with one attached hydrogen (secondary N) is 4. The zero-order valence-electron chi connectivity index (χ0n) is 16.3. The van der Waals surface area contributed by atoms with E-state index >= 15 is 0 Å². The zero-order valence-corrected chi connectivity index (χ0v) is 16.3. The van der Waals surface area contributed by atoms with Gasteiger partial charge in [-0.2, -0.15) is 0 Å². The summed E-state index contributed by atoms with van der Waals surface area (Å²) in [5, 5.41) is 3.19. The van der Waals surface area contributed by atoms with Gasteiger partial charge in [-0.05, 0) is 43.9 Å². The molecule has 146 valence electrons. The van der Waals surface area contributed by atoms with Crippen LogP contribution in [-0.4, -0.2) is 28.0 Å².